The Morgan fingerprint density at radius 3 is 2.80 bits per heavy atom. The number of nitrogens with zero attached hydrogens (tertiary/aromatic N) is 2. The molecule has 1 unspecified atom stereocenters. The van der Waals surface area contributed by atoms with Crippen LogP contribution in [0.4, 0.5) is 0 Å². The summed E-state index contributed by atoms with van der Waals surface area (Å²) < 4.78 is 0.711. The van der Waals surface area contributed by atoms with E-state index in [1.54, 1.807) is 0 Å². The maximum absolute atomic E-state index is 6.34. The van der Waals surface area contributed by atoms with Gasteiger partial charge in [-0.15, -0.1) is 0 Å². The highest BCUT2D eigenvalue weighted by Crippen LogP contribution is 2.45. The predicted molar refractivity (Wildman–Crippen MR) is 59.5 cm³/mol. The van der Waals surface area contributed by atoms with Crippen LogP contribution in [0.15, 0.2) is 5.16 Å². The molecular formula is C11H18BN2O+. The molecule has 0 aromatic carbocycles. The first kappa shape index (κ1) is 9.70. The van der Waals surface area contributed by atoms with Gasteiger partial charge in [0, 0.05) is 25.2 Å². The van der Waals surface area contributed by atoms with Crippen LogP contribution in [0.2, 0.25) is 0 Å². The van der Waals surface area contributed by atoms with Gasteiger partial charge in [-0.25, -0.2) is 0 Å². The number of piperidine rings is 3. The first-order valence-electron chi connectivity index (χ1n) is 6.04. The molecule has 0 aliphatic carbocycles. The molecule has 0 aromatic heterocycles. The van der Waals surface area contributed by atoms with Gasteiger partial charge in [-0.05, 0) is 6.42 Å². The van der Waals surface area contributed by atoms with E-state index in [1.165, 1.54) is 18.6 Å². The van der Waals surface area contributed by atoms with Crippen LogP contribution in [0.1, 0.15) is 32.6 Å². The second-order valence-corrected chi connectivity index (χ2v) is 5.44. The van der Waals surface area contributed by atoms with Gasteiger partial charge in [-0.3, -0.25) is 0 Å². The Kier molecular flexibility index (Phi) is 1.94. The average Bonchev–Trinajstić information content (AvgIpc) is 2.62. The molecule has 3 saturated heterocycles. The molecule has 2 bridgehead atoms. The average molecular weight is 205 g/mol. The van der Waals surface area contributed by atoms with Gasteiger partial charge in [0.1, 0.15) is 6.54 Å². The third-order valence-corrected chi connectivity index (χ3v) is 4.44. The minimum atomic E-state index is -0.0312. The second kappa shape index (κ2) is 3.00. The molecule has 3 fully saturated rings. The summed E-state index contributed by atoms with van der Waals surface area (Å²) in [5.74, 6) is 0.689. The van der Waals surface area contributed by atoms with Gasteiger partial charge < -0.3 is 9.23 Å². The van der Waals surface area contributed by atoms with E-state index in [9.17, 15) is 0 Å². The fraction of sp³-hybridized carbons (Fsp3) is 0.909. The van der Waals surface area contributed by atoms with Crippen molar-refractivity contribution < 1.29 is 9.23 Å². The van der Waals surface area contributed by atoms with E-state index in [-0.39, 0.29) is 5.60 Å². The Balaban J connectivity index is 1.84. The van der Waals surface area contributed by atoms with Crippen molar-refractivity contribution >= 4 is 13.7 Å². The summed E-state index contributed by atoms with van der Waals surface area (Å²) in [6.07, 6.45) is 4.45. The Labute approximate surface area is 92.5 Å². The molecular weight excluding hydrogens is 187 g/mol. The summed E-state index contributed by atoms with van der Waals surface area (Å²) in [6, 6.07) is 0. The van der Waals surface area contributed by atoms with E-state index in [2.05, 4.69) is 12.1 Å². The van der Waals surface area contributed by atoms with Crippen LogP contribution in [-0.2, 0) is 4.84 Å². The number of rotatable bonds is 1. The minimum absolute atomic E-state index is 0.0312. The lowest BCUT2D eigenvalue weighted by molar-refractivity contribution is -0.846. The summed E-state index contributed by atoms with van der Waals surface area (Å²) >= 11 is 0. The first-order chi connectivity index (χ1) is 7.16. The smallest absolute Gasteiger partial charge is 0.393 e. The van der Waals surface area contributed by atoms with E-state index >= 15 is 0 Å². The topological polar surface area (TPSA) is 21.6 Å². The van der Waals surface area contributed by atoms with Crippen molar-refractivity contribution in [2.24, 2.45) is 11.1 Å². The fourth-order valence-electron chi connectivity index (χ4n) is 3.49. The molecule has 80 valence electrons. The monoisotopic (exact) mass is 205 g/mol. The summed E-state index contributed by atoms with van der Waals surface area (Å²) in [5, 5.41) is 4.23. The number of quaternary nitrogens is 1. The van der Waals surface area contributed by atoms with Crippen molar-refractivity contribution in [1.82, 2.24) is 0 Å². The molecule has 0 N–H and O–H groups in total. The van der Waals surface area contributed by atoms with E-state index in [1.807, 2.05) is 0 Å². The van der Waals surface area contributed by atoms with E-state index in [0.717, 1.165) is 32.5 Å². The van der Waals surface area contributed by atoms with E-state index in [4.69, 9.17) is 12.8 Å². The zero-order chi connectivity index (χ0) is 10.5. The maximum Gasteiger partial charge on any atom is 0.481 e. The van der Waals surface area contributed by atoms with Crippen LogP contribution in [0.3, 0.4) is 0 Å². The SMILES string of the molecule is [B][N+]12CCC(CC1)C1(CC(CC)=NO1)C2. The highest BCUT2D eigenvalue weighted by atomic mass is 16.7. The highest BCUT2D eigenvalue weighted by Gasteiger charge is 2.57. The van der Waals surface area contributed by atoms with Gasteiger partial charge >= 0.3 is 7.98 Å². The lowest BCUT2D eigenvalue weighted by Gasteiger charge is -2.54. The van der Waals surface area contributed by atoms with Crippen molar-refractivity contribution in [2.75, 3.05) is 19.6 Å². The van der Waals surface area contributed by atoms with Crippen LogP contribution >= 0.6 is 0 Å². The minimum Gasteiger partial charge on any atom is -0.393 e. The molecule has 0 saturated carbocycles. The summed E-state index contributed by atoms with van der Waals surface area (Å²) in [7, 11) is 6.34. The Morgan fingerprint density at radius 2 is 2.27 bits per heavy atom. The lowest BCUT2D eigenvalue weighted by Crippen LogP contribution is -2.68. The van der Waals surface area contributed by atoms with Gasteiger partial charge in [-0.2, -0.15) is 0 Å². The third kappa shape index (κ3) is 1.34. The molecule has 2 radical (unpaired) electrons. The Hall–Kier alpha value is -0.505. The van der Waals surface area contributed by atoms with Gasteiger partial charge in [0.25, 0.3) is 0 Å². The number of oxime groups is 1. The zero-order valence-corrected chi connectivity index (χ0v) is 9.41. The summed E-state index contributed by atoms with van der Waals surface area (Å²) in [5.41, 5.74) is 1.19. The fourth-order valence-corrected chi connectivity index (χ4v) is 3.49. The Bertz CT molecular complexity index is 310. The van der Waals surface area contributed by atoms with E-state index in [0.29, 0.717) is 10.3 Å². The molecule has 1 atom stereocenters. The molecule has 0 aromatic rings. The molecule has 15 heavy (non-hydrogen) atoms. The van der Waals surface area contributed by atoms with Crippen molar-refractivity contribution in [3.05, 3.63) is 0 Å². The van der Waals surface area contributed by atoms with Crippen molar-refractivity contribution in [2.45, 2.75) is 38.2 Å². The molecule has 4 heterocycles. The molecule has 3 nitrogen and oxygen atoms in total. The summed E-state index contributed by atoms with van der Waals surface area (Å²) in [4.78, 5) is 5.78. The van der Waals surface area contributed by atoms with Crippen LogP contribution in [-0.4, -0.2) is 43.3 Å². The van der Waals surface area contributed by atoms with Crippen LogP contribution in [0, 0.1) is 5.92 Å². The van der Waals surface area contributed by atoms with Gasteiger partial charge in [0.05, 0.1) is 18.8 Å². The van der Waals surface area contributed by atoms with Crippen molar-refractivity contribution in [1.29, 1.82) is 0 Å². The van der Waals surface area contributed by atoms with Gasteiger partial charge in [0.15, 0.2) is 5.60 Å². The normalized spacial score (nSPS) is 48.1. The maximum atomic E-state index is 6.34. The first-order valence-corrected chi connectivity index (χ1v) is 6.04. The highest BCUT2D eigenvalue weighted by molar-refractivity contribution is 5.97. The van der Waals surface area contributed by atoms with Crippen LogP contribution in [0.25, 0.3) is 0 Å². The zero-order valence-electron chi connectivity index (χ0n) is 9.41. The van der Waals surface area contributed by atoms with E-state index < -0.39 is 0 Å². The summed E-state index contributed by atoms with van der Waals surface area (Å²) in [6.45, 7) is 5.36. The third-order valence-electron chi connectivity index (χ3n) is 4.44. The van der Waals surface area contributed by atoms with Crippen molar-refractivity contribution in [3.8, 4) is 0 Å². The molecule has 4 heteroatoms. The number of hydrogen-bond donors (Lipinski definition) is 0. The molecule has 4 aliphatic rings. The molecule has 1 spiro atoms. The van der Waals surface area contributed by atoms with Crippen molar-refractivity contribution in [3.63, 3.8) is 0 Å². The molecule has 4 aliphatic heterocycles. The molecule has 0 amide bonds. The predicted octanol–water partition coefficient (Wildman–Crippen LogP) is 1.24. The standard InChI is InChI=1S/C11H18BN2O/c1-2-10-7-11(15-13-10)8-14(12)5-3-9(11)4-6-14/h9H,2-8H2,1H3/q+1. The quantitative estimate of drug-likeness (QED) is 0.590. The van der Waals surface area contributed by atoms with Gasteiger partial charge in [-0.1, -0.05) is 12.1 Å². The second-order valence-electron chi connectivity index (χ2n) is 5.44. The Morgan fingerprint density at radius 1 is 1.53 bits per heavy atom. The number of hydrogen-bond acceptors (Lipinski definition) is 2. The van der Waals surface area contributed by atoms with Crippen LogP contribution < -0.4 is 0 Å². The number of fused-ring (bicyclic) bond motifs is 2. The molecule has 4 rings (SSSR count). The van der Waals surface area contributed by atoms with Gasteiger partial charge in [0.2, 0.25) is 0 Å². The lowest BCUT2D eigenvalue weighted by atomic mass is 9.70. The van der Waals surface area contributed by atoms with Crippen LogP contribution in [0.5, 0.6) is 0 Å². The largest absolute Gasteiger partial charge is 0.481 e.